The number of aromatic nitrogens is 1. The van der Waals surface area contributed by atoms with Crippen molar-refractivity contribution in [3.8, 4) is 5.75 Å². The molecule has 2 aliphatic rings. The van der Waals surface area contributed by atoms with Crippen molar-refractivity contribution in [1.82, 2.24) is 10.1 Å². The average Bonchev–Trinajstić information content (AvgIpc) is 3.27. The van der Waals surface area contributed by atoms with Crippen LogP contribution in [0.25, 0.3) is 0 Å². The predicted molar refractivity (Wildman–Crippen MR) is 120 cm³/mol. The number of carbonyl (C=O) groups excluding carboxylic acids is 4. The van der Waals surface area contributed by atoms with Gasteiger partial charge in [-0.05, 0) is 44.2 Å². The summed E-state index contributed by atoms with van der Waals surface area (Å²) in [4.78, 5) is 52.8. The monoisotopic (exact) mass is 460 g/mol. The molecule has 2 aromatic carbocycles. The maximum Gasteiger partial charge on any atom is 0.265 e. The standard InChI is InChI=1S/C24H20N4O6/c1-13-18(14(2)34-26-13)10-27-19-9-15(7-8-20(19)33-12-22(27)30)25-21(29)11-28-23(31)16-5-3-4-6-17(16)24(28)32/h3-9H,10-12H2,1-2H3,(H,25,29). The number of hydrogen-bond donors (Lipinski definition) is 1. The minimum Gasteiger partial charge on any atom is -0.482 e. The number of rotatable bonds is 5. The summed E-state index contributed by atoms with van der Waals surface area (Å²) in [7, 11) is 0. The summed E-state index contributed by atoms with van der Waals surface area (Å²) in [6.45, 7) is 3.27. The lowest BCUT2D eigenvalue weighted by Gasteiger charge is -2.29. The van der Waals surface area contributed by atoms with Gasteiger partial charge in [0, 0.05) is 11.3 Å². The summed E-state index contributed by atoms with van der Waals surface area (Å²) in [5, 5.41) is 6.63. The molecule has 0 fully saturated rings. The van der Waals surface area contributed by atoms with Crippen molar-refractivity contribution in [2.75, 3.05) is 23.4 Å². The number of carbonyl (C=O) groups is 4. The van der Waals surface area contributed by atoms with Gasteiger partial charge in [0.2, 0.25) is 5.91 Å². The van der Waals surface area contributed by atoms with Gasteiger partial charge in [-0.3, -0.25) is 24.1 Å². The van der Waals surface area contributed by atoms with Gasteiger partial charge in [-0.1, -0.05) is 17.3 Å². The van der Waals surface area contributed by atoms with Crippen LogP contribution in [0.1, 0.15) is 37.7 Å². The van der Waals surface area contributed by atoms with Crippen LogP contribution in [0.15, 0.2) is 47.0 Å². The number of hydrogen-bond acceptors (Lipinski definition) is 7. The van der Waals surface area contributed by atoms with Crippen LogP contribution in [-0.4, -0.2) is 46.8 Å². The molecule has 5 rings (SSSR count). The van der Waals surface area contributed by atoms with Crippen molar-refractivity contribution in [1.29, 1.82) is 0 Å². The third-order valence-electron chi connectivity index (χ3n) is 5.86. The Hall–Kier alpha value is -4.47. The van der Waals surface area contributed by atoms with Crippen LogP contribution >= 0.6 is 0 Å². The third-order valence-corrected chi connectivity index (χ3v) is 5.86. The summed E-state index contributed by atoms with van der Waals surface area (Å²) >= 11 is 0. The lowest BCUT2D eigenvalue weighted by molar-refractivity contribution is -0.121. The lowest BCUT2D eigenvalue weighted by atomic mass is 10.1. The molecular formula is C24H20N4O6. The summed E-state index contributed by atoms with van der Waals surface area (Å²) in [5.41, 5.74) is 2.90. The molecule has 1 aromatic heterocycles. The minimum atomic E-state index is -0.546. The molecule has 0 saturated carbocycles. The highest BCUT2D eigenvalue weighted by atomic mass is 16.5. The van der Waals surface area contributed by atoms with E-state index in [-0.39, 0.29) is 30.2 Å². The number of ether oxygens (including phenoxy) is 1. The fourth-order valence-corrected chi connectivity index (χ4v) is 4.07. The molecule has 0 saturated heterocycles. The molecule has 1 N–H and O–H groups in total. The minimum absolute atomic E-state index is 0.109. The Morgan fingerprint density at radius 1 is 1.03 bits per heavy atom. The fraction of sp³-hybridized carbons (Fsp3) is 0.208. The molecule has 0 aliphatic carbocycles. The van der Waals surface area contributed by atoms with Gasteiger partial charge in [0.1, 0.15) is 18.1 Å². The summed E-state index contributed by atoms with van der Waals surface area (Å²) in [5.74, 6) is -0.707. The van der Waals surface area contributed by atoms with Crippen molar-refractivity contribution in [3.05, 3.63) is 70.6 Å². The first kappa shape index (κ1) is 21.4. The maximum absolute atomic E-state index is 12.7. The van der Waals surface area contributed by atoms with Gasteiger partial charge in [-0.2, -0.15) is 0 Å². The molecule has 4 amide bonds. The van der Waals surface area contributed by atoms with Gasteiger partial charge in [0.25, 0.3) is 17.7 Å². The van der Waals surface area contributed by atoms with E-state index in [2.05, 4.69) is 10.5 Å². The average molecular weight is 460 g/mol. The first-order chi connectivity index (χ1) is 16.3. The van der Waals surface area contributed by atoms with Crippen molar-refractivity contribution < 1.29 is 28.4 Å². The zero-order chi connectivity index (χ0) is 24.0. The molecule has 10 heteroatoms. The van der Waals surface area contributed by atoms with E-state index in [1.165, 1.54) is 0 Å². The second-order valence-corrected chi connectivity index (χ2v) is 8.04. The Morgan fingerprint density at radius 2 is 1.74 bits per heavy atom. The Kier molecular flexibility index (Phi) is 5.12. The van der Waals surface area contributed by atoms with Crippen LogP contribution in [0, 0.1) is 13.8 Å². The van der Waals surface area contributed by atoms with Crippen LogP contribution in [-0.2, 0) is 16.1 Å². The van der Waals surface area contributed by atoms with E-state index in [9.17, 15) is 19.2 Å². The number of fused-ring (bicyclic) bond motifs is 2. The van der Waals surface area contributed by atoms with E-state index in [0.717, 1.165) is 10.5 Å². The third kappa shape index (κ3) is 3.58. The Morgan fingerprint density at radius 3 is 2.38 bits per heavy atom. The Labute approximate surface area is 194 Å². The van der Waals surface area contributed by atoms with E-state index >= 15 is 0 Å². The molecule has 34 heavy (non-hydrogen) atoms. The molecule has 0 radical (unpaired) electrons. The van der Waals surface area contributed by atoms with Gasteiger partial charge in [-0.25, -0.2) is 0 Å². The number of anilines is 2. The van der Waals surface area contributed by atoms with E-state index < -0.39 is 24.3 Å². The van der Waals surface area contributed by atoms with Crippen molar-refractivity contribution in [2.45, 2.75) is 20.4 Å². The molecule has 3 aromatic rings. The van der Waals surface area contributed by atoms with E-state index in [4.69, 9.17) is 9.26 Å². The first-order valence-electron chi connectivity index (χ1n) is 10.6. The van der Waals surface area contributed by atoms with E-state index in [1.807, 2.05) is 0 Å². The quantitative estimate of drug-likeness (QED) is 0.581. The normalized spacial score (nSPS) is 14.7. The highest BCUT2D eigenvalue weighted by molar-refractivity contribution is 6.22. The van der Waals surface area contributed by atoms with E-state index in [0.29, 0.717) is 28.6 Å². The number of aryl methyl sites for hydroxylation is 2. The van der Waals surface area contributed by atoms with Gasteiger partial charge >= 0.3 is 0 Å². The Bertz CT molecular complexity index is 1310. The number of benzene rings is 2. The molecule has 0 spiro atoms. The van der Waals surface area contributed by atoms with Gasteiger partial charge in [0.05, 0.1) is 29.1 Å². The molecule has 0 atom stereocenters. The van der Waals surface area contributed by atoms with Gasteiger partial charge in [-0.15, -0.1) is 0 Å². The summed E-state index contributed by atoms with van der Waals surface area (Å²) in [6.07, 6.45) is 0. The van der Waals surface area contributed by atoms with Crippen LogP contribution in [0.3, 0.4) is 0 Å². The topological polar surface area (TPSA) is 122 Å². The molecule has 0 bridgehead atoms. The number of imide groups is 1. The molecular weight excluding hydrogens is 440 g/mol. The van der Waals surface area contributed by atoms with Crippen LogP contribution in [0.2, 0.25) is 0 Å². The second kappa shape index (κ2) is 8.14. The van der Waals surface area contributed by atoms with Crippen LogP contribution in [0.5, 0.6) is 5.75 Å². The smallest absolute Gasteiger partial charge is 0.265 e. The van der Waals surface area contributed by atoms with Gasteiger partial charge < -0.3 is 19.5 Å². The molecule has 2 aliphatic heterocycles. The Balaban J connectivity index is 1.35. The van der Waals surface area contributed by atoms with Crippen LogP contribution in [0.4, 0.5) is 11.4 Å². The first-order valence-corrected chi connectivity index (χ1v) is 10.6. The number of nitrogens with zero attached hydrogens (tertiary/aromatic N) is 3. The summed E-state index contributed by atoms with van der Waals surface area (Å²) in [6, 6.07) is 11.3. The molecule has 3 heterocycles. The van der Waals surface area contributed by atoms with Crippen molar-refractivity contribution in [2.24, 2.45) is 0 Å². The largest absolute Gasteiger partial charge is 0.482 e. The SMILES string of the molecule is Cc1noc(C)c1CN1C(=O)COc2ccc(NC(=O)CN3C(=O)c4ccccc4C3=O)cc21. The zero-order valence-electron chi connectivity index (χ0n) is 18.5. The molecule has 172 valence electrons. The lowest BCUT2D eigenvalue weighted by Crippen LogP contribution is -2.39. The van der Waals surface area contributed by atoms with Crippen molar-refractivity contribution in [3.63, 3.8) is 0 Å². The fourth-order valence-electron chi connectivity index (χ4n) is 4.07. The molecule has 10 nitrogen and oxygen atoms in total. The number of nitrogens with one attached hydrogen (secondary N) is 1. The highest BCUT2D eigenvalue weighted by Gasteiger charge is 2.36. The molecule has 0 unspecified atom stereocenters. The van der Waals surface area contributed by atoms with Crippen LogP contribution < -0.4 is 15.0 Å². The van der Waals surface area contributed by atoms with Gasteiger partial charge in [0.15, 0.2) is 6.61 Å². The second-order valence-electron chi connectivity index (χ2n) is 8.04. The van der Waals surface area contributed by atoms with Crippen molar-refractivity contribution >= 4 is 35.0 Å². The number of amides is 4. The summed E-state index contributed by atoms with van der Waals surface area (Å²) < 4.78 is 10.7. The zero-order valence-corrected chi connectivity index (χ0v) is 18.5. The highest BCUT2D eigenvalue weighted by Crippen LogP contribution is 2.36. The van der Waals surface area contributed by atoms with E-state index in [1.54, 1.807) is 61.2 Å². The maximum atomic E-state index is 12.7. The predicted octanol–water partition coefficient (Wildman–Crippen LogP) is 2.45.